The van der Waals surface area contributed by atoms with Gasteiger partial charge in [0.2, 0.25) is 5.76 Å². The molecule has 0 saturated carbocycles. The Balaban J connectivity index is 1.66. The zero-order chi connectivity index (χ0) is 14.5. The van der Waals surface area contributed by atoms with Gasteiger partial charge < -0.3 is 14.3 Å². The molecule has 1 aliphatic heterocycles. The second-order valence-corrected chi connectivity index (χ2v) is 6.03. The SMILES string of the molecule is O=C(NC[C@@H](c1ccoc1)N1CCSCC1)c1ccno1. The monoisotopic (exact) mass is 307 g/mol. The van der Waals surface area contributed by atoms with Crippen LogP contribution in [0.5, 0.6) is 0 Å². The first-order valence-electron chi connectivity index (χ1n) is 6.87. The van der Waals surface area contributed by atoms with Crippen molar-refractivity contribution in [2.45, 2.75) is 6.04 Å². The molecule has 1 amide bonds. The first-order valence-corrected chi connectivity index (χ1v) is 8.03. The number of nitrogens with zero attached hydrogens (tertiary/aromatic N) is 2. The van der Waals surface area contributed by atoms with Gasteiger partial charge in [-0.05, 0) is 6.07 Å². The maximum atomic E-state index is 12.0. The summed E-state index contributed by atoms with van der Waals surface area (Å²) in [5.41, 5.74) is 1.08. The molecule has 1 atom stereocenters. The van der Waals surface area contributed by atoms with Crippen LogP contribution >= 0.6 is 11.8 Å². The van der Waals surface area contributed by atoms with Crippen molar-refractivity contribution in [1.29, 1.82) is 0 Å². The van der Waals surface area contributed by atoms with E-state index in [1.54, 1.807) is 18.6 Å². The number of hydrogen-bond donors (Lipinski definition) is 1. The normalized spacial score (nSPS) is 17.5. The fourth-order valence-electron chi connectivity index (χ4n) is 2.42. The van der Waals surface area contributed by atoms with E-state index in [0.717, 1.165) is 30.2 Å². The van der Waals surface area contributed by atoms with Crippen LogP contribution in [0.25, 0.3) is 0 Å². The molecule has 7 heteroatoms. The molecular weight excluding hydrogens is 290 g/mol. The lowest BCUT2D eigenvalue weighted by atomic mass is 10.1. The van der Waals surface area contributed by atoms with Crippen LogP contribution in [0.1, 0.15) is 22.2 Å². The Bertz CT molecular complexity index is 550. The molecule has 21 heavy (non-hydrogen) atoms. The van der Waals surface area contributed by atoms with Crippen molar-refractivity contribution in [2.24, 2.45) is 0 Å². The van der Waals surface area contributed by atoms with Gasteiger partial charge in [0.15, 0.2) is 0 Å². The van der Waals surface area contributed by atoms with E-state index < -0.39 is 0 Å². The average Bonchev–Trinajstić information content (AvgIpc) is 3.22. The lowest BCUT2D eigenvalue weighted by molar-refractivity contribution is 0.0898. The van der Waals surface area contributed by atoms with E-state index in [0.29, 0.717) is 6.54 Å². The van der Waals surface area contributed by atoms with Gasteiger partial charge in [-0.1, -0.05) is 5.16 Å². The molecular formula is C14H17N3O3S. The number of thioether (sulfide) groups is 1. The molecule has 0 spiro atoms. The van der Waals surface area contributed by atoms with Crippen LogP contribution in [0.3, 0.4) is 0 Å². The quantitative estimate of drug-likeness (QED) is 0.908. The molecule has 1 aliphatic rings. The molecule has 112 valence electrons. The minimum Gasteiger partial charge on any atom is -0.472 e. The van der Waals surface area contributed by atoms with Gasteiger partial charge in [-0.15, -0.1) is 0 Å². The van der Waals surface area contributed by atoms with Crippen LogP contribution < -0.4 is 5.32 Å². The zero-order valence-corrected chi connectivity index (χ0v) is 12.3. The first kappa shape index (κ1) is 14.2. The third-order valence-electron chi connectivity index (χ3n) is 3.53. The molecule has 3 heterocycles. The Morgan fingerprint density at radius 2 is 2.29 bits per heavy atom. The second-order valence-electron chi connectivity index (χ2n) is 4.81. The molecule has 3 rings (SSSR count). The lowest BCUT2D eigenvalue weighted by Gasteiger charge is -2.33. The Labute approximate surface area is 126 Å². The van der Waals surface area contributed by atoms with E-state index in [1.807, 2.05) is 17.8 Å². The van der Waals surface area contributed by atoms with Crippen molar-refractivity contribution < 1.29 is 13.7 Å². The van der Waals surface area contributed by atoms with Crippen molar-refractivity contribution in [2.75, 3.05) is 31.1 Å². The number of hydrogen-bond acceptors (Lipinski definition) is 6. The van der Waals surface area contributed by atoms with Crippen molar-refractivity contribution >= 4 is 17.7 Å². The summed E-state index contributed by atoms with van der Waals surface area (Å²) in [7, 11) is 0. The highest BCUT2D eigenvalue weighted by Crippen LogP contribution is 2.24. The predicted octanol–water partition coefficient (Wildman–Crippen LogP) is 1.79. The summed E-state index contributed by atoms with van der Waals surface area (Å²) < 4.78 is 10.1. The Morgan fingerprint density at radius 3 is 2.95 bits per heavy atom. The highest BCUT2D eigenvalue weighted by Gasteiger charge is 2.24. The number of amides is 1. The van der Waals surface area contributed by atoms with E-state index in [1.165, 1.54) is 6.20 Å². The number of furan rings is 1. The number of carbonyl (C=O) groups is 1. The third kappa shape index (κ3) is 3.48. The van der Waals surface area contributed by atoms with Crippen LogP contribution in [-0.4, -0.2) is 47.1 Å². The topological polar surface area (TPSA) is 71.5 Å². The average molecular weight is 307 g/mol. The highest BCUT2D eigenvalue weighted by molar-refractivity contribution is 7.99. The summed E-state index contributed by atoms with van der Waals surface area (Å²) in [6.07, 6.45) is 4.87. The Kier molecular flexibility index (Phi) is 4.62. The number of nitrogens with one attached hydrogen (secondary N) is 1. The van der Waals surface area contributed by atoms with Gasteiger partial charge in [0.05, 0.1) is 24.8 Å². The summed E-state index contributed by atoms with van der Waals surface area (Å²) in [6.45, 7) is 2.54. The predicted molar refractivity (Wildman–Crippen MR) is 79.2 cm³/mol. The van der Waals surface area contributed by atoms with Gasteiger partial charge in [-0.3, -0.25) is 9.69 Å². The molecule has 0 bridgehead atoms. The van der Waals surface area contributed by atoms with Crippen LogP contribution in [0.4, 0.5) is 0 Å². The maximum absolute atomic E-state index is 12.0. The number of carbonyl (C=O) groups excluding carboxylic acids is 1. The second kappa shape index (κ2) is 6.82. The molecule has 0 radical (unpaired) electrons. The lowest BCUT2D eigenvalue weighted by Crippen LogP contribution is -2.41. The van der Waals surface area contributed by atoms with Crippen molar-refractivity contribution in [3.8, 4) is 0 Å². The molecule has 0 unspecified atom stereocenters. The molecule has 1 N–H and O–H groups in total. The van der Waals surface area contributed by atoms with E-state index in [2.05, 4.69) is 15.4 Å². The molecule has 0 aromatic carbocycles. The highest BCUT2D eigenvalue weighted by atomic mass is 32.2. The van der Waals surface area contributed by atoms with Crippen molar-refractivity contribution in [3.63, 3.8) is 0 Å². The molecule has 6 nitrogen and oxygen atoms in total. The third-order valence-corrected chi connectivity index (χ3v) is 4.47. The number of rotatable bonds is 5. The van der Waals surface area contributed by atoms with Gasteiger partial charge in [-0.2, -0.15) is 11.8 Å². The van der Waals surface area contributed by atoms with Gasteiger partial charge in [-0.25, -0.2) is 0 Å². The standard InChI is InChI=1S/C14H17N3O3S/c18-14(13-1-3-16-20-13)15-9-12(11-2-6-19-10-11)17-4-7-21-8-5-17/h1-3,6,10,12H,4-5,7-9H2,(H,15,18)/t12-/m0/s1. The van der Waals surface area contributed by atoms with Gasteiger partial charge in [0.25, 0.3) is 5.91 Å². The van der Waals surface area contributed by atoms with E-state index in [9.17, 15) is 4.79 Å². The smallest absolute Gasteiger partial charge is 0.289 e. The summed E-state index contributed by atoms with van der Waals surface area (Å²) in [4.78, 5) is 14.3. The molecule has 1 fully saturated rings. The summed E-state index contributed by atoms with van der Waals surface area (Å²) >= 11 is 1.96. The molecule has 0 aliphatic carbocycles. The Hall–Kier alpha value is -1.73. The van der Waals surface area contributed by atoms with Gasteiger partial charge in [0, 0.05) is 42.8 Å². The number of aromatic nitrogens is 1. The van der Waals surface area contributed by atoms with Crippen LogP contribution in [0, 0.1) is 0 Å². The van der Waals surface area contributed by atoms with Gasteiger partial charge >= 0.3 is 0 Å². The molecule has 2 aromatic heterocycles. The van der Waals surface area contributed by atoms with Gasteiger partial charge in [0.1, 0.15) is 0 Å². The van der Waals surface area contributed by atoms with E-state index in [-0.39, 0.29) is 17.7 Å². The van der Waals surface area contributed by atoms with Crippen molar-refractivity contribution in [3.05, 3.63) is 42.2 Å². The fourth-order valence-corrected chi connectivity index (χ4v) is 3.35. The summed E-state index contributed by atoms with van der Waals surface area (Å²) in [6, 6.07) is 3.63. The molecule has 2 aromatic rings. The van der Waals surface area contributed by atoms with Crippen molar-refractivity contribution in [1.82, 2.24) is 15.4 Å². The summed E-state index contributed by atoms with van der Waals surface area (Å²) in [5.74, 6) is 2.22. The van der Waals surface area contributed by atoms with E-state index >= 15 is 0 Å². The Morgan fingerprint density at radius 1 is 1.43 bits per heavy atom. The maximum Gasteiger partial charge on any atom is 0.289 e. The minimum atomic E-state index is -0.243. The first-order chi connectivity index (χ1) is 10.3. The largest absolute Gasteiger partial charge is 0.472 e. The van der Waals surface area contributed by atoms with E-state index in [4.69, 9.17) is 8.94 Å². The van der Waals surface area contributed by atoms with Crippen LogP contribution in [0.15, 0.2) is 39.8 Å². The molecule has 1 saturated heterocycles. The fraction of sp³-hybridized carbons (Fsp3) is 0.429. The minimum absolute atomic E-state index is 0.122. The van der Waals surface area contributed by atoms with Crippen LogP contribution in [0.2, 0.25) is 0 Å². The zero-order valence-electron chi connectivity index (χ0n) is 11.5. The summed E-state index contributed by atoms with van der Waals surface area (Å²) in [5, 5.41) is 6.45. The van der Waals surface area contributed by atoms with Crippen LogP contribution in [-0.2, 0) is 0 Å².